The third kappa shape index (κ3) is 6.11. The lowest BCUT2D eigenvalue weighted by Gasteiger charge is -2.31. The summed E-state index contributed by atoms with van der Waals surface area (Å²) in [4.78, 5) is 22.5. The van der Waals surface area contributed by atoms with Crippen LogP contribution >= 0.6 is 15.9 Å². The first-order valence-corrected chi connectivity index (χ1v) is 12.3. The second-order valence-electron chi connectivity index (χ2n) is 8.67. The maximum atomic E-state index is 14.3. The number of benzene rings is 2. The largest absolute Gasteiger partial charge is 0.493 e. The van der Waals surface area contributed by atoms with Crippen LogP contribution < -0.4 is 14.8 Å². The van der Waals surface area contributed by atoms with E-state index in [4.69, 9.17) is 14.2 Å². The molecule has 1 aliphatic heterocycles. The number of fused-ring (bicyclic) bond motifs is 1. The van der Waals surface area contributed by atoms with Crippen LogP contribution in [0.2, 0.25) is 0 Å². The number of nitrogens with zero attached hydrogens (tertiary/aromatic N) is 3. The minimum absolute atomic E-state index is 0.127. The van der Waals surface area contributed by atoms with Crippen LogP contribution in [0.3, 0.4) is 0 Å². The molecule has 1 aliphatic rings. The summed E-state index contributed by atoms with van der Waals surface area (Å²) in [5.41, 5.74) is 0.943. The number of hydrogen-bond donors (Lipinski definition) is 1. The molecule has 35 heavy (non-hydrogen) atoms. The molecule has 1 fully saturated rings. The van der Waals surface area contributed by atoms with Crippen molar-refractivity contribution in [1.29, 1.82) is 0 Å². The van der Waals surface area contributed by atoms with Crippen molar-refractivity contribution < 1.29 is 23.4 Å². The second-order valence-corrected chi connectivity index (χ2v) is 9.58. The summed E-state index contributed by atoms with van der Waals surface area (Å²) >= 11 is 3.26. The van der Waals surface area contributed by atoms with E-state index < -0.39 is 5.82 Å². The number of ether oxygens (including phenoxy) is 3. The van der Waals surface area contributed by atoms with Gasteiger partial charge in [-0.15, -0.1) is 0 Å². The van der Waals surface area contributed by atoms with Crippen molar-refractivity contribution in [2.75, 3.05) is 32.1 Å². The molecule has 1 aromatic heterocycles. The molecule has 0 radical (unpaired) electrons. The van der Waals surface area contributed by atoms with Gasteiger partial charge in [-0.05, 0) is 56.9 Å². The van der Waals surface area contributed by atoms with Gasteiger partial charge in [0.2, 0.25) is 0 Å². The van der Waals surface area contributed by atoms with Crippen molar-refractivity contribution in [3.05, 3.63) is 46.9 Å². The molecule has 0 atom stereocenters. The van der Waals surface area contributed by atoms with Gasteiger partial charge in [0.1, 0.15) is 18.0 Å². The summed E-state index contributed by atoms with van der Waals surface area (Å²) in [7, 11) is 1.57. The van der Waals surface area contributed by atoms with E-state index >= 15 is 0 Å². The van der Waals surface area contributed by atoms with E-state index in [1.54, 1.807) is 36.3 Å². The van der Waals surface area contributed by atoms with Crippen molar-refractivity contribution in [2.24, 2.45) is 5.92 Å². The number of anilines is 2. The van der Waals surface area contributed by atoms with Crippen molar-refractivity contribution in [1.82, 2.24) is 14.9 Å². The number of amides is 1. The van der Waals surface area contributed by atoms with Crippen LogP contribution in [0.25, 0.3) is 10.9 Å². The van der Waals surface area contributed by atoms with Crippen LogP contribution in [0.4, 0.5) is 20.7 Å². The van der Waals surface area contributed by atoms with E-state index in [1.165, 1.54) is 12.4 Å². The van der Waals surface area contributed by atoms with Gasteiger partial charge in [-0.25, -0.2) is 19.2 Å². The van der Waals surface area contributed by atoms with E-state index in [9.17, 15) is 9.18 Å². The van der Waals surface area contributed by atoms with Gasteiger partial charge >= 0.3 is 6.09 Å². The zero-order valence-corrected chi connectivity index (χ0v) is 21.5. The molecule has 1 N–H and O–H groups in total. The molecular weight excluding hydrogens is 519 g/mol. The van der Waals surface area contributed by atoms with Crippen LogP contribution in [0, 0.1) is 11.7 Å². The lowest BCUT2D eigenvalue weighted by Crippen LogP contribution is -2.40. The molecule has 1 amide bonds. The summed E-state index contributed by atoms with van der Waals surface area (Å²) in [6, 6.07) is 8.35. The Hall–Kier alpha value is -3.14. The van der Waals surface area contributed by atoms with E-state index in [-0.39, 0.29) is 12.2 Å². The average molecular weight is 547 g/mol. The van der Waals surface area contributed by atoms with E-state index in [1.807, 2.05) is 13.8 Å². The number of aromatic nitrogens is 2. The fourth-order valence-electron chi connectivity index (χ4n) is 3.92. The highest BCUT2D eigenvalue weighted by Crippen LogP contribution is 2.36. The van der Waals surface area contributed by atoms with Crippen LogP contribution in [0.1, 0.15) is 26.7 Å². The number of likely N-dealkylation sites (tertiary alicyclic amines) is 1. The topological polar surface area (TPSA) is 85.8 Å². The standard InChI is InChI=1S/C25H28BrFN4O4/c1-15(2)35-25(32)31-8-6-16(7-9-31)13-34-23-12-21-18(11-22(23)33-3)24(29-14-28-21)30-20-5-4-17(26)10-19(20)27/h4-5,10-12,14-16H,6-9,13H2,1-3H3,(H,28,29,30). The molecule has 10 heteroatoms. The SMILES string of the molecule is COc1cc2c(Nc3ccc(Br)cc3F)ncnc2cc1OCC1CCN(C(=O)OC(C)C)CC1. The minimum atomic E-state index is -0.401. The summed E-state index contributed by atoms with van der Waals surface area (Å²) < 4.78 is 32.0. The molecule has 0 bridgehead atoms. The van der Waals surface area contributed by atoms with Gasteiger partial charge in [0, 0.05) is 29.0 Å². The fraction of sp³-hybridized carbons (Fsp3) is 0.400. The Labute approximate surface area is 211 Å². The smallest absolute Gasteiger partial charge is 0.410 e. The normalized spacial score (nSPS) is 14.3. The zero-order valence-electron chi connectivity index (χ0n) is 19.9. The molecule has 2 heterocycles. The molecule has 186 valence electrons. The number of hydrogen-bond acceptors (Lipinski definition) is 7. The Morgan fingerprint density at radius 2 is 1.97 bits per heavy atom. The van der Waals surface area contributed by atoms with Crippen molar-refractivity contribution in [2.45, 2.75) is 32.8 Å². The molecule has 0 spiro atoms. The van der Waals surface area contributed by atoms with Crippen LogP contribution in [-0.2, 0) is 4.74 Å². The molecule has 0 saturated carbocycles. The summed E-state index contributed by atoms with van der Waals surface area (Å²) in [5, 5.41) is 3.71. The predicted molar refractivity (Wildman–Crippen MR) is 135 cm³/mol. The third-order valence-electron chi connectivity index (χ3n) is 5.79. The van der Waals surface area contributed by atoms with E-state index in [2.05, 4.69) is 31.2 Å². The molecule has 0 aliphatic carbocycles. The number of nitrogens with one attached hydrogen (secondary N) is 1. The molecule has 0 unspecified atom stereocenters. The zero-order chi connectivity index (χ0) is 24.9. The van der Waals surface area contributed by atoms with Crippen LogP contribution in [0.15, 0.2) is 41.1 Å². The van der Waals surface area contributed by atoms with E-state index in [0.717, 1.165) is 12.8 Å². The number of carbonyl (C=O) groups excluding carboxylic acids is 1. The molecule has 4 rings (SSSR count). The molecule has 3 aromatic rings. The highest BCUT2D eigenvalue weighted by Gasteiger charge is 2.25. The fourth-order valence-corrected chi connectivity index (χ4v) is 4.25. The van der Waals surface area contributed by atoms with Crippen LogP contribution in [0.5, 0.6) is 11.5 Å². The predicted octanol–water partition coefficient (Wildman–Crippen LogP) is 5.92. The van der Waals surface area contributed by atoms with Crippen LogP contribution in [-0.4, -0.2) is 53.9 Å². The molecule has 2 aromatic carbocycles. The monoisotopic (exact) mass is 546 g/mol. The number of rotatable bonds is 7. The molecular formula is C25H28BrFN4O4. The second kappa shape index (κ2) is 11.1. The number of carbonyl (C=O) groups is 1. The number of piperidine rings is 1. The Morgan fingerprint density at radius 1 is 1.20 bits per heavy atom. The number of methoxy groups -OCH3 is 1. The van der Waals surface area contributed by atoms with Gasteiger partial charge in [-0.2, -0.15) is 0 Å². The van der Waals surface area contributed by atoms with Gasteiger partial charge in [-0.3, -0.25) is 0 Å². The highest BCUT2D eigenvalue weighted by atomic mass is 79.9. The lowest BCUT2D eigenvalue weighted by atomic mass is 9.98. The summed E-state index contributed by atoms with van der Waals surface area (Å²) in [6.45, 7) is 5.47. The van der Waals surface area contributed by atoms with Gasteiger partial charge < -0.3 is 24.4 Å². The Kier molecular flexibility index (Phi) is 7.90. The van der Waals surface area contributed by atoms with Crippen molar-refractivity contribution in [3.8, 4) is 11.5 Å². The Balaban J connectivity index is 1.45. The van der Waals surface area contributed by atoms with Gasteiger partial charge in [0.15, 0.2) is 11.5 Å². The average Bonchev–Trinajstić information content (AvgIpc) is 2.84. The first kappa shape index (κ1) is 25.0. The van der Waals surface area contributed by atoms with E-state index in [0.29, 0.717) is 64.0 Å². The Morgan fingerprint density at radius 3 is 2.66 bits per heavy atom. The lowest BCUT2D eigenvalue weighted by molar-refractivity contribution is 0.0607. The first-order valence-electron chi connectivity index (χ1n) is 11.5. The maximum absolute atomic E-state index is 14.3. The summed E-state index contributed by atoms with van der Waals surface area (Å²) in [5.74, 6) is 1.47. The summed E-state index contributed by atoms with van der Waals surface area (Å²) in [6.07, 6.45) is 2.69. The Bertz CT molecular complexity index is 1200. The quantitative estimate of drug-likeness (QED) is 0.393. The van der Waals surface area contributed by atoms with Crippen molar-refractivity contribution in [3.63, 3.8) is 0 Å². The van der Waals surface area contributed by atoms with Gasteiger partial charge in [0.05, 0.1) is 31.0 Å². The molecule has 1 saturated heterocycles. The van der Waals surface area contributed by atoms with Crippen molar-refractivity contribution >= 4 is 44.4 Å². The highest BCUT2D eigenvalue weighted by molar-refractivity contribution is 9.10. The third-order valence-corrected chi connectivity index (χ3v) is 6.28. The van der Waals surface area contributed by atoms with Gasteiger partial charge in [-0.1, -0.05) is 15.9 Å². The minimum Gasteiger partial charge on any atom is -0.493 e. The maximum Gasteiger partial charge on any atom is 0.410 e. The van der Waals surface area contributed by atoms with Gasteiger partial charge in [0.25, 0.3) is 0 Å². The molecule has 8 nitrogen and oxygen atoms in total. The number of halogens is 2. The first-order chi connectivity index (χ1) is 16.8.